The van der Waals surface area contributed by atoms with Crippen LogP contribution in [0.1, 0.15) is 40.5 Å². The van der Waals surface area contributed by atoms with Crippen molar-refractivity contribution < 1.29 is 14.6 Å². The molecule has 5 nitrogen and oxygen atoms in total. The smallest absolute Gasteiger partial charge is 0.410 e. The van der Waals surface area contributed by atoms with Gasteiger partial charge >= 0.3 is 6.09 Å². The van der Waals surface area contributed by atoms with Crippen molar-refractivity contribution in [3.05, 3.63) is 0 Å². The summed E-state index contributed by atoms with van der Waals surface area (Å²) in [5.41, 5.74) is -0.449. The Balaban J connectivity index is 2.45. The van der Waals surface area contributed by atoms with Gasteiger partial charge in [0.2, 0.25) is 0 Å². The van der Waals surface area contributed by atoms with Gasteiger partial charge in [0, 0.05) is 25.2 Å². The first-order chi connectivity index (χ1) is 8.31. The number of aliphatic hydroxyl groups excluding tert-OH is 1. The number of carbonyl (C=O) groups is 1. The van der Waals surface area contributed by atoms with Gasteiger partial charge in [0.25, 0.3) is 0 Å². The number of rotatable bonds is 3. The van der Waals surface area contributed by atoms with Crippen LogP contribution in [0.25, 0.3) is 0 Å². The van der Waals surface area contributed by atoms with Gasteiger partial charge in [-0.15, -0.1) is 0 Å². The zero-order valence-corrected chi connectivity index (χ0v) is 11.9. The lowest BCUT2D eigenvalue weighted by atomic mass is 10.1. The number of nitrogens with one attached hydrogen (secondary N) is 1. The van der Waals surface area contributed by atoms with Crippen LogP contribution in [-0.4, -0.2) is 53.5 Å². The Kier molecular flexibility index (Phi) is 5.41. The lowest BCUT2D eigenvalue weighted by molar-refractivity contribution is 0.0181. The summed E-state index contributed by atoms with van der Waals surface area (Å²) in [7, 11) is 0. The number of ether oxygens (including phenoxy) is 1. The highest BCUT2D eigenvalue weighted by atomic mass is 16.6. The normalized spacial score (nSPS) is 22.7. The third-order valence-corrected chi connectivity index (χ3v) is 2.87. The van der Waals surface area contributed by atoms with Crippen molar-refractivity contribution in [1.29, 1.82) is 0 Å². The fourth-order valence-electron chi connectivity index (χ4n) is 2.06. The summed E-state index contributed by atoms with van der Waals surface area (Å²) in [6, 6.07) is 0.307. The van der Waals surface area contributed by atoms with Crippen LogP contribution in [-0.2, 0) is 4.74 Å². The van der Waals surface area contributed by atoms with Crippen LogP contribution in [0.4, 0.5) is 4.79 Å². The Hall–Kier alpha value is -0.810. The molecular formula is C13H26N2O3. The third-order valence-electron chi connectivity index (χ3n) is 2.87. The highest BCUT2D eigenvalue weighted by molar-refractivity contribution is 5.68. The molecule has 0 aromatic carbocycles. The van der Waals surface area contributed by atoms with E-state index in [0.29, 0.717) is 6.54 Å². The second-order valence-corrected chi connectivity index (χ2v) is 6.02. The molecule has 1 heterocycles. The van der Waals surface area contributed by atoms with Gasteiger partial charge in [-0.25, -0.2) is 4.79 Å². The molecule has 0 aliphatic carbocycles. The summed E-state index contributed by atoms with van der Waals surface area (Å²) < 4.78 is 5.37. The van der Waals surface area contributed by atoms with Crippen LogP contribution in [0.5, 0.6) is 0 Å². The molecule has 2 atom stereocenters. The lowest BCUT2D eigenvalue weighted by Gasteiger charge is -2.35. The van der Waals surface area contributed by atoms with E-state index in [1.54, 1.807) is 4.90 Å². The van der Waals surface area contributed by atoms with E-state index in [-0.39, 0.29) is 24.8 Å². The fraction of sp³-hybridized carbons (Fsp3) is 0.923. The SMILES string of the molecule is C[C@@H](CO)NC1CCCN(C(=O)OC(C)(C)C)C1. The molecule has 1 rings (SSSR count). The maximum absolute atomic E-state index is 11.9. The van der Waals surface area contributed by atoms with Gasteiger partial charge in [-0.2, -0.15) is 0 Å². The van der Waals surface area contributed by atoms with Gasteiger partial charge < -0.3 is 20.1 Å². The Morgan fingerprint density at radius 2 is 2.22 bits per heavy atom. The molecule has 106 valence electrons. The van der Waals surface area contributed by atoms with E-state index in [1.807, 2.05) is 27.7 Å². The topological polar surface area (TPSA) is 61.8 Å². The number of hydrogen-bond acceptors (Lipinski definition) is 4. The number of amides is 1. The Morgan fingerprint density at radius 3 is 2.78 bits per heavy atom. The quantitative estimate of drug-likeness (QED) is 0.802. The van der Waals surface area contributed by atoms with E-state index in [0.717, 1.165) is 19.4 Å². The van der Waals surface area contributed by atoms with Crippen molar-refractivity contribution in [2.45, 2.75) is 58.2 Å². The van der Waals surface area contributed by atoms with Gasteiger partial charge in [0.15, 0.2) is 0 Å². The summed E-state index contributed by atoms with van der Waals surface area (Å²) >= 11 is 0. The number of aliphatic hydroxyl groups is 1. The van der Waals surface area contributed by atoms with Gasteiger partial charge in [-0.05, 0) is 40.5 Å². The standard InChI is InChI=1S/C13H26N2O3/c1-10(9-16)14-11-6-5-7-15(8-11)12(17)18-13(2,3)4/h10-11,14,16H,5-9H2,1-4H3/t10-,11?/m0/s1. The lowest BCUT2D eigenvalue weighted by Crippen LogP contribution is -2.51. The molecule has 0 aromatic heterocycles. The first kappa shape index (κ1) is 15.2. The Bertz CT molecular complexity index is 276. The molecule has 0 bridgehead atoms. The van der Waals surface area contributed by atoms with Crippen molar-refractivity contribution >= 4 is 6.09 Å². The van der Waals surface area contributed by atoms with Crippen LogP contribution < -0.4 is 5.32 Å². The largest absolute Gasteiger partial charge is 0.444 e. The monoisotopic (exact) mass is 258 g/mol. The van der Waals surface area contributed by atoms with Gasteiger partial charge in [-0.1, -0.05) is 0 Å². The average Bonchev–Trinajstić information content (AvgIpc) is 2.27. The Morgan fingerprint density at radius 1 is 1.56 bits per heavy atom. The number of nitrogens with zero attached hydrogens (tertiary/aromatic N) is 1. The van der Waals surface area contributed by atoms with Crippen LogP contribution in [0.3, 0.4) is 0 Å². The van der Waals surface area contributed by atoms with Crippen LogP contribution in [0.2, 0.25) is 0 Å². The summed E-state index contributed by atoms with van der Waals surface area (Å²) in [5.74, 6) is 0. The minimum absolute atomic E-state index is 0.0635. The zero-order chi connectivity index (χ0) is 13.8. The molecule has 0 radical (unpaired) electrons. The molecular weight excluding hydrogens is 232 g/mol. The zero-order valence-electron chi connectivity index (χ0n) is 11.9. The molecule has 1 saturated heterocycles. The van der Waals surface area contributed by atoms with Crippen molar-refractivity contribution in [1.82, 2.24) is 10.2 Å². The maximum Gasteiger partial charge on any atom is 0.410 e. The number of carbonyl (C=O) groups excluding carboxylic acids is 1. The number of likely N-dealkylation sites (tertiary alicyclic amines) is 1. The van der Waals surface area contributed by atoms with Gasteiger partial charge in [0.1, 0.15) is 5.60 Å². The molecule has 1 aliphatic heterocycles. The van der Waals surface area contributed by atoms with Crippen molar-refractivity contribution in [2.24, 2.45) is 0 Å². The van der Waals surface area contributed by atoms with E-state index >= 15 is 0 Å². The molecule has 0 spiro atoms. The summed E-state index contributed by atoms with van der Waals surface area (Å²) in [4.78, 5) is 13.7. The van der Waals surface area contributed by atoms with Crippen molar-refractivity contribution in [3.8, 4) is 0 Å². The average molecular weight is 258 g/mol. The predicted molar refractivity (Wildman–Crippen MR) is 70.5 cm³/mol. The molecule has 18 heavy (non-hydrogen) atoms. The molecule has 0 aromatic rings. The maximum atomic E-state index is 11.9. The first-order valence-electron chi connectivity index (χ1n) is 6.66. The van der Waals surface area contributed by atoms with Crippen LogP contribution in [0.15, 0.2) is 0 Å². The highest BCUT2D eigenvalue weighted by Gasteiger charge is 2.27. The first-order valence-corrected chi connectivity index (χ1v) is 6.66. The molecule has 2 N–H and O–H groups in total. The molecule has 1 fully saturated rings. The van der Waals surface area contributed by atoms with Crippen LogP contribution in [0, 0.1) is 0 Å². The number of hydrogen-bond donors (Lipinski definition) is 2. The highest BCUT2D eigenvalue weighted by Crippen LogP contribution is 2.15. The second kappa shape index (κ2) is 6.38. The van der Waals surface area contributed by atoms with E-state index in [4.69, 9.17) is 9.84 Å². The van der Waals surface area contributed by atoms with E-state index in [1.165, 1.54) is 0 Å². The van der Waals surface area contributed by atoms with E-state index < -0.39 is 5.60 Å². The Labute approximate surface area is 109 Å². The third kappa shape index (κ3) is 5.23. The fourth-order valence-corrected chi connectivity index (χ4v) is 2.06. The molecule has 5 heteroatoms. The summed E-state index contributed by atoms with van der Waals surface area (Å²) in [6.07, 6.45) is 1.75. The predicted octanol–water partition coefficient (Wildman–Crippen LogP) is 1.36. The minimum atomic E-state index is -0.449. The van der Waals surface area contributed by atoms with Crippen LogP contribution >= 0.6 is 0 Å². The van der Waals surface area contributed by atoms with Crippen molar-refractivity contribution in [2.75, 3.05) is 19.7 Å². The molecule has 1 aliphatic rings. The van der Waals surface area contributed by atoms with E-state index in [2.05, 4.69) is 5.32 Å². The van der Waals surface area contributed by atoms with Gasteiger partial charge in [0.05, 0.1) is 6.61 Å². The van der Waals surface area contributed by atoms with E-state index in [9.17, 15) is 4.79 Å². The number of piperidine rings is 1. The van der Waals surface area contributed by atoms with Crippen molar-refractivity contribution in [3.63, 3.8) is 0 Å². The summed E-state index contributed by atoms with van der Waals surface area (Å²) in [5, 5.41) is 12.3. The molecule has 0 saturated carbocycles. The van der Waals surface area contributed by atoms with Gasteiger partial charge in [-0.3, -0.25) is 0 Å². The minimum Gasteiger partial charge on any atom is -0.444 e. The molecule has 1 amide bonds. The summed E-state index contributed by atoms with van der Waals surface area (Å²) in [6.45, 7) is 9.07. The molecule has 1 unspecified atom stereocenters. The second-order valence-electron chi connectivity index (χ2n) is 6.02.